The smallest absolute Gasteiger partial charge is 0.265 e. The van der Waals surface area contributed by atoms with Gasteiger partial charge in [0.25, 0.3) is 5.91 Å². The van der Waals surface area contributed by atoms with Crippen molar-refractivity contribution in [3.8, 4) is 5.75 Å². The Bertz CT molecular complexity index is 1160. The molecule has 4 aromatic rings. The molecule has 0 N–H and O–H groups in total. The average Bonchev–Trinajstić information content (AvgIpc) is 2.77. The van der Waals surface area contributed by atoms with Crippen LogP contribution in [0.4, 0.5) is 5.69 Å². The normalized spacial score (nSPS) is 10.7. The molecule has 0 heterocycles. The molecule has 0 fully saturated rings. The molecule has 0 radical (unpaired) electrons. The summed E-state index contributed by atoms with van der Waals surface area (Å²) < 4.78 is 7.99. The van der Waals surface area contributed by atoms with Crippen LogP contribution in [0, 0.1) is 3.57 Å². The largest absolute Gasteiger partial charge is 0.484 e. The van der Waals surface area contributed by atoms with Crippen LogP contribution in [0.25, 0.3) is 10.8 Å². The number of nitrogens with zero attached hydrogens (tertiary/aromatic N) is 1. The molecule has 0 atom stereocenters. The van der Waals surface area contributed by atoms with Gasteiger partial charge in [0.05, 0.1) is 6.54 Å². The second kappa shape index (κ2) is 9.62. The lowest BCUT2D eigenvalue weighted by Gasteiger charge is -2.23. The molecule has 0 aliphatic carbocycles. The van der Waals surface area contributed by atoms with Gasteiger partial charge in [0.15, 0.2) is 6.61 Å². The Labute approximate surface area is 197 Å². The van der Waals surface area contributed by atoms with Gasteiger partial charge in [-0.2, -0.15) is 0 Å². The first-order valence-electron chi connectivity index (χ1n) is 9.50. The summed E-state index contributed by atoms with van der Waals surface area (Å²) >= 11 is 5.74. The molecule has 0 aliphatic heterocycles. The fraction of sp³-hybridized carbons (Fsp3) is 0.0800. The standard InChI is InChI=1S/C25H19BrINO2/c26-21-8-12-23(13-9-21)28(16-18-5-10-22(27)11-6-18)25(29)17-30-24-14-7-19-3-1-2-4-20(19)15-24/h1-15H,16-17H2. The van der Waals surface area contributed by atoms with Crippen LogP contribution in [-0.2, 0) is 11.3 Å². The predicted octanol–water partition coefficient (Wildman–Crippen LogP) is 6.82. The minimum Gasteiger partial charge on any atom is -0.484 e. The van der Waals surface area contributed by atoms with Gasteiger partial charge >= 0.3 is 0 Å². The van der Waals surface area contributed by atoms with Crippen LogP contribution in [0.1, 0.15) is 5.56 Å². The number of anilines is 1. The summed E-state index contributed by atoms with van der Waals surface area (Å²) in [4.78, 5) is 14.9. The van der Waals surface area contributed by atoms with Crippen molar-refractivity contribution in [1.82, 2.24) is 0 Å². The molecule has 3 nitrogen and oxygen atoms in total. The lowest BCUT2D eigenvalue weighted by molar-refractivity contribution is -0.120. The van der Waals surface area contributed by atoms with Gasteiger partial charge in [0.2, 0.25) is 0 Å². The van der Waals surface area contributed by atoms with E-state index in [4.69, 9.17) is 4.74 Å². The van der Waals surface area contributed by atoms with E-state index in [-0.39, 0.29) is 12.5 Å². The number of benzene rings is 4. The van der Waals surface area contributed by atoms with E-state index in [1.165, 1.54) is 0 Å². The zero-order valence-electron chi connectivity index (χ0n) is 16.1. The second-order valence-corrected chi connectivity index (χ2v) is 9.04. The molecule has 0 unspecified atom stereocenters. The first kappa shape index (κ1) is 20.9. The van der Waals surface area contributed by atoms with Crippen molar-refractivity contribution < 1.29 is 9.53 Å². The average molecular weight is 572 g/mol. The summed E-state index contributed by atoms with van der Waals surface area (Å²) in [6.07, 6.45) is 0. The van der Waals surface area contributed by atoms with Gasteiger partial charge in [-0.25, -0.2) is 0 Å². The van der Waals surface area contributed by atoms with Crippen molar-refractivity contribution in [3.63, 3.8) is 0 Å². The SMILES string of the molecule is O=C(COc1ccc2ccccc2c1)N(Cc1ccc(I)cc1)c1ccc(Br)cc1. The topological polar surface area (TPSA) is 29.5 Å². The molecule has 0 spiro atoms. The highest BCUT2D eigenvalue weighted by atomic mass is 127. The Morgan fingerprint density at radius 2 is 1.57 bits per heavy atom. The lowest BCUT2D eigenvalue weighted by Crippen LogP contribution is -2.34. The highest BCUT2D eigenvalue weighted by Gasteiger charge is 2.17. The van der Waals surface area contributed by atoms with Crippen LogP contribution in [0.5, 0.6) is 5.75 Å². The van der Waals surface area contributed by atoms with Crippen LogP contribution in [0.3, 0.4) is 0 Å². The van der Waals surface area contributed by atoms with Crippen molar-refractivity contribution in [2.24, 2.45) is 0 Å². The van der Waals surface area contributed by atoms with Crippen LogP contribution in [0.15, 0.2) is 95.5 Å². The van der Waals surface area contributed by atoms with E-state index < -0.39 is 0 Å². The van der Waals surface area contributed by atoms with E-state index in [0.717, 1.165) is 30.1 Å². The molecule has 5 heteroatoms. The Kier molecular flexibility index (Phi) is 6.69. The number of halogens is 2. The summed E-state index contributed by atoms with van der Waals surface area (Å²) in [5, 5.41) is 2.23. The summed E-state index contributed by atoms with van der Waals surface area (Å²) in [5.41, 5.74) is 1.90. The van der Waals surface area contributed by atoms with Crippen molar-refractivity contribution in [2.45, 2.75) is 6.54 Å². The fourth-order valence-corrected chi connectivity index (χ4v) is 3.82. The molecule has 0 bridgehead atoms. The minimum absolute atomic E-state index is 0.0290. The molecule has 0 aliphatic rings. The number of rotatable bonds is 6. The highest BCUT2D eigenvalue weighted by Crippen LogP contribution is 2.23. The third kappa shape index (κ3) is 5.21. The molecule has 0 saturated heterocycles. The molecule has 150 valence electrons. The monoisotopic (exact) mass is 571 g/mol. The molecule has 0 aromatic heterocycles. The van der Waals surface area contributed by atoms with Crippen molar-refractivity contribution >= 4 is 60.9 Å². The van der Waals surface area contributed by atoms with Gasteiger partial charge in [-0.3, -0.25) is 4.79 Å². The minimum atomic E-state index is -0.0935. The van der Waals surface area contributed by atoms with Crippen LogP contribution >= 0.6 is 38.5 Å². The highest BCUT2D eigenvalue weighted by molar-refractivity contribution is 14.1. The summed E-state index contributed by atoms with van der Waals surface area (Å²) in [6, 6.07) is 29.9. The van der Waals surface area contributed by atoms with E-state index in [2.05, 4.69) is 44.6 Å². The first-order chi connectivity index (χ1) is 14.6. The quantitative estimate of drug-likeness (QED) is 0.238. The molecule has 0 saturated carbocycles. The number of amides is 1. The second-order valence-electron chi connectivity index (χ2n) is 6.88. The molecular weight excluding hydrogens is 553 g/mol. The fourth-order valence-electron chi connectivity index (χ4n) is 3.20. The third-order valence-corrected chi connectivity index (χ3v) is 6.02. The van der Waals surface area contributed by atoms with E-state index in [1.807, 2.05) is 84.9 Å². The van der Waals surface area contributed by atoms with Gasteiger partial charge in [0, 0.05) is 13.7 Å². The number of hydrogen-bond donors (Lipinski definition) is 0. The van der Waals surface area contributed by atoms with Gasteiger partial charge in [0.1, 0.15) is 5.75 Å². The van der Waals surface area contributed by atoms with E-state index in [1.54, 1.807) is 4.90 Å². The van der Waals surface area contributed by atoms with Crippen LogP contribution in [-0.4, -0.2) is 12.5 Å². The van der Waals surface area contributed by atoms with E-state index >= 15 is 0 Å². The van der Waals surface area contributed by atoms with Gasteiger partial charge in [-0.15, -0.1) is 0 Å². The first-order valence-corrected chi connectivity index (χ1v) is 11.4. The zero-order chi connectivity index (χ0) is 20.9. The molecular formula is C25H19BrINO2. The van der Waals surface area contributed by atoms with Crippen molar-refractivity contribution in [3.05, 3.63) is 105 Å². The van der Waals surface area contributed by atoms with Crippen molar-refractivity contribution in [2.75, 3.05) is 11.5 Å². The number of hydrogen-bond acceptors (Lipinski definition) is 2. The Balaban J connectivity index is 1.53. The van der Waals surface area contributed by atoms with E-state index in [9.17, 15) is 4.79 Å². The number of carbonyl (C=O) groups is 1. The third-order valence-electron chi connectivity index (χ3n) is 4.78. The predicted molar refractivity (Wildman–Crippen MR) is 134 cm³/mol. The molecule has 30 heavy (non-hydrogen) atoms. The van der Waals surface area contributed by atoms with Gasteiger partial charge < -0.3 is 9.64 Å². The molecule has 4 aromatic carbocycles. The maximum Gasteiger partial charge on any atom is 0.265 e. The Hall–Kier alpha value is -2.38. The Morgan fingerprint density at radius 3 is 2.30 bits per heavy atom. The Morgan fingerprint density at radius 1 is 0.867 bits per heavy atom. The van der Waals surface area contributed by atoms with Crippen molar-refractivity contribution in [1.29, 1.82) is 0 Å². The number of carbonyl (C=O) groups excluding carboxylic acids is 1. The zero-order valence-corrected chi connectivity index (χ0v) is 19.8. The number of fused-ring (bicyclic) bond motifs is 1. The van der Waals surface area contributed by atoms with Crippen LogP contribution < -0.4 is 9.64 Å². The summed E-state index contributed by atoms with van der Waals surface area (Å²) in [6.45, 7) is 0.456. The summed E-state index contributed by atoms with van der Waals surface area (Å²) in [5.74, 6) is 0.594. The van der Waals surface area contributed by atoms with Gasteiger partial charge in [-0.1, -0.05) is 58.4 Å². The number of ether oxygens (including phenoxy) is 1. The van der Waals surface area contributed by atoms with E-state index in [0.29, 0.717) is 12.3 Å². The molecule has 4 rings (SSSR count). The maximum atomic E-state index is 13.1. The molecule has 1 amide bonds. The van der Waals surface area contributed by atoms with Crippen LogP contribution in [0.2, 0.25) is 0 Å². The summed E-state index contributed by atoms with van der Waals surface area (Å²) in [7, 11) is 0. The lowest BCUT2D eigenvalue weighted by atomic mass is 10.1. The maximum absolute atomic E-state index is 13.1. The van der Waals surface area contributed by atoms with Gasteiger partial charge in [-0.05, 0) is 87.5 Å².